The molecule has 0 aromatic carbocycles. The number of hydrogen-bond acceptors (Lipinski definition) is 4. The van der Waals surface area contributed by atoms with E-state index in [1.165, 1.54) is 0 Å². The molecular formula is C13H25NO4. The van der Waals surface area contributed by atoms with E-state index in [4.69, 9.17) is 4.74 Å². The first kappa shape index (κ1) is 15.4. The summed E-state index contributed by atoms with van der Waals surface area (Å²) in [4.78, 5) is 13.3. The van der Waals surface area contributed by atoms with E-state index >= 15 is 0 Å². The van der Waals surface area contributed by atoms with E-state index in [1.54, 1.807) is 6.92 Å². The third kappa shape index (κ3) is 3.93. The zero-order valence-electron chi connectivity index (χ0n) is 11.6. The molecule has 3 atom stereocenters. The highest BCUT2D eigenvalue weighted by Crippen LogP contribution is 2.23. The Morgan fingerprint density at radius 1 is 1.44 bits per heavy atom. The van der Waals surface area contributed by atoms with Gasteiger partial charge in [-0.25, -0.2) is 0 Å². The van der Waals surface area contributed by atoms with E-state index < -0.39 is 17.5 Å². The van der Waals surface area contributed by atoms with Gasteiger partial charge in [-0.1, -0.05) is 13.8 Å². The summed E-state index contributed by atoms with van der Waals surface area (Å²) >= 11 is 0. The third-order valence-corrected chi connectivity index (χ3v) is 3.65. The van der Waals surface area contributed by atoms with Crippen molar-refractivity contribution in [1.29, 1.82) is 0 Å². The Hall–Kier alpha value is -0.650. The molecule has 0 amide bonds. The number of carboxylic acids is 1. The molecule has 0 aromatic rings. The van der Waals surface area contributed by atoms with Crippen LogP contribution in [0.1, 0.15) is 33.6 Å². The molecule has 3 unspecified atom stereocenters. The Labute approximate surface area is 109 Å². The molecule has 1 aliphatic heterocycles. The van der Waals surface area contributed by atoms with Crippen LogP contribution >= 0.6 is 0 Å². The highest BCUT2D eigenvalue weighted by Gasteiger charge is 2.39. The van der Waals surface area contributed by atoms with Crippen molar-refractivity contribution in [1.82, 2.24) is 4.90 Å². The Morgan fingerprint density at radius 2 is 2.11 bits per heavy atom. The molecule has 1 heterocycles. The Kier molecular flexibility index (Phi) is 5.56. The van der Waals surface area contributed by atoms with Gasteiger partial charge in [-0.2, -0.15) is 0 Å². The van der Waals surface area contributed by atoms with Gasteiger partial charge in [-0.05, 0) is 26.3 Å². The standard InChI is InChI=1S/C13H25NO4/c1-4-6-14(9-13(3,17)5-2)11-8-18-7-10(11)12(15)16/h10-11,17H,4-9H2,1-3H3,(H,15,16). The topological polar surface area (TPSA) is 70.0 Å². The van der Waals surface area contributed by atoms with Crippen molar-refractivity contribution >= 4 is 5.97 Å². The third-order valence-electron chi connectivity index (χ3n) is 3.65. The molecular weight excluding hydrogens is 234 g/mol. The molecule has 0 radical (unpaired) electrons. The molecule has 1 rings (SSSR count). The predicted molar refractivity (Wildman–Crippen MR) is 68.5 cm³/mol. The van der Waals surface area contributed by atoms with Gasteiger partial charge < -0.3 is 14.9 Å². The zero-order chi connectivity index (χ0) is 13.8. The first-order chi connectivity index (χ1) is 8.41. The Bertz CT molecular complexity index is 280. The maximum Gasteiger partial charge on any atom is 0.310 e. The van der Waals surface area contributed by atoms with Crippen LogP contribution in [0.2, 0.25) is 0 Å². The lowest BCUT2D eigenvalue weighted by atomic mass is 9.97. The number of rotatable bonds is 7. The Morgan fingerprint density at radius 3 is 2.61 bits per heavy atom. The van der Waals surface area contributed by atoms with Gasteiger partial charge in [0.25, 0.3) is 0 Å². The first-order valence-electron chi connectivity index (χ1n) is 6.68. The molecule has 5 heteroatoms. The van der Waals surface area contributed by atoms with Gasteiger partial charge in [0.05, 0.1) is 24.7 Å². The summed E-state index contributed by atoms with van der Waals surface area (Å²) < 4.78 is 5.30. The summed E-state index contributed by atoms with van der Waals surface area (Å²) in [7, 11) is 0. The molecule has 0 aromatic heterocycles. The van der Waals surface area contributed by atoms with Gasteiger partial charge in [0.2, 0.25) is 0 Å². The second-order valence-corrected chi connectivity index (χ2v) is 5.37. The maximum atomic E-state index is 11.2. The molecule has 2 N–H and O–H groups in total. The molecule has 18 heavy (non-hydrogen) atoms. The lowest BCUT2D eigenvalue weighted by Crippen LogP contribution is -2.50. The van der Waals surface area contributed by atoms with Gasteiger partial charge in [-0.15, -0.1) is 0 Å². The largest absolute Gasteiger partial charge is 0.481 e. The summed E-state index contributed by atoms with van der Waals surface area (Å²) in [6.45, 7) is 7.78. The van der Waals surface area contributed by atoms with Crippen molar-refractivity contribution in [2.45, 2.75) is 45.3 Å². The number of aliphatic carboxylic acids is 1. The van der Waals surface area contributed by atoms with Crippen molar-refractivity contribution in [3.05, 3.63) is 0 Å². The molecule has 106 valence electrons. The number of carbonyl (C=O) groups is 1. The van der Waals surface area contributed by atoms with Gasteiger partial charge in [0.1, 0.15) is 0 Å². The second-order valence-electron chi connectivity index (χ2n) is 5.37. The summed E-state index contributed by atoms with van der Waals surface area (Å²) in [5.41, 5.74) is -0.777. The number of hydrogen-bond donors (Lipinski definition) is 2. The minimum Gasteiger partial charge on any atom is -0.481 e. The molecule has 0 spiro atoms. The summed E-state index contributed by atoms with van der Waals surface area (Å²) in [6.07, 6.45) is 1.58. The average Bonchev–Trinajstić information content (AvgIpc) is 2.77. The molecule has 1 aliphatic rings. The average molecular weight is 259 g/mol. The lowest BCUT2D eigenvalue weighted by molar-refractivity contribution is -0.143. The Balaban J connectivity index is 2.74. The summed E-state index contributed by atoms with van der Waals surface area (Å²) in [6, 6.07) is -0.125. The minimum absolute atomic E-state index is 0.125. The van der Waals surface area contributed by atoms with Crippen molar-refractivity contribution in [2.24, 2.45) is 5.92 Å². The number of nitrogens with zero attached hydrogens (tertiary/aromatic N) is 1. The quantitative estimate of drug-likeness (QED) is 0.712. The molecule has 0 bridgehead atoms. The van der Waals surface area contributed by atoms with E-state index in [9.17, 15) is 15.0 Å². The highest BCUT2D eigenvalue weighted by atomic mass is 16.5. The van der Waals surface area contributed by atoms with Crippen molar-refractivity contribution in [3.8, 4) is 0 Å². The second kappa shape index (κ2) is 6.50. The van der Waals surface area contributed by atoms with Crippen molar-refractivity contribution in [3.63, 3.8) is 0 Å². The number of aliphatic hydroxyl groups is 1. The normalized spacial score (nSPS) is 27.4. The molecule has 1 fully saturated rings. The maximum absolute atomic E-state index is 11.2. The highest BCUT2D eigenvalue weighted by molar-refractivity contribution is 5.71. The van der Waals surface area contributed by atoms with Crippen LogP contribution in [0.5, 0.6) is 0 Å². The van der Waals surface area contributed by atoms with E-state index in [-0.39, 0.29) is 12.6 Å². The zero-order valence-corrected chi connectivity index (χ0v) is 11.6. The van der Waals surface area contributed by atoms with Crippen LogP contribution in [0.3, 0.4) is 0 Å². The van der Waals surface area contributed by atoms with Crippen LogP contribution in [-0.2, 0) is 9.53 Å². The summed E-state index contributed by atoms with van der Waals surface area (Å²) in [5, 5.41) is 19.4. The molecule has 0 aliphatic carbocycles. The lowest BCUT2D eigenvalue weighted by Gasteiger charge is -2.35. The van der Waals surface area contributed by atoms with Gasteiger partial charge in [0, 0.05) is 12.6 Å². The molecule has 0 saturated carbocycles. The van der Waals surface area contributed by atoms with Crippen LogP contribution in [0.15, 0.2) is 0 Å². The monoisotopic (exact) mass is 259 g/mol. The SMILES string of the molecule is CCCN(CC(C)(O)CC)C1COCC1C(=O)O. The molecule has 5 nitrogen and oxygen atoms in total. The summed E-state index contributed by atoms with van der Waals surface area (Å²) in [5.74, 6) is -1.29. The van der Waals surface area contributed by atoms with E-state index in [2.05, 4.69) is 11.8 Å². The number of carboxylic acid groups (broad SMARTS) is 1. The van der Waals surface area contributed by atoms with Crippen LogP contribution in [0.4, 0.5) is 0 Å². The van der Waals surface area contributed by atoms with Crippen LogP contribution in [0, 0.1) is 5.92 Å². The van der Waals surface area contributed by atoms with Crippen LogP contribution < -0.4 is 0 Å². The van der Waals surface area contributed by atoms with Crippen molar-refractivity contribution in [2.75, 3.05) is 26.3 Å². The minimum atomic E-state index is -0.810. The van der Waals surface area contributed by atoms with Crippen LogP contribution in [-0.4, -0.2) is 59.0 Å². The van der Waals surface area contributed by atoms with E-state index in [0.717, 1.165) is 13.0 Å². The van der Waals surface area contributed by atoms with Gasteiger partial charge in [-0.3, -0.25) is 9.69 Å². The fourth-order valence-electron chi connectivity index (χ4n) is 2.34. The fourth-order valence-corrected chi connectivity index (χ4v) is 2.34. The first-order valence-corrected chi connectivity index (χ1v) is 6.68. The fraction of sp³-hybridized carbons (Fsp3) is 0.923. The van der Waals surface area contributed by atoms with Crippen LogP contribution in [0.25, 0.3) is 0 Å². The predicted octanol–water partition coefficient (Wildman–Crippen LogP) is 0.959. The van der Waals surface area contributed by atoms with Crippen molar-refractivity contribution < 1.29 is 19.7 Å². The van der Waals surface area contributed by atoms with Gasteiger partial charge in [0.15, 0.2) is 0 Å². The van der Waals surface area contributed by atoms with E-state index in [1.807, 2.05) is 6.92 Å². The smallest absolute Gasteiger partial charge is 0.310 e. The van der Waals surface area contributed by atoms with E-state index in [0.29, 0.717) is 19.6 Å². The van der Waals surface area contributed by atoms with Gasteiger partial charge >= 0.3 is 5.97 Å². The number of ether oxygens (including phenoxy) is 1. The molecule has 1 saturated heterocycles.